The van der Waals surface area contributed by atoms with Gasteiger partial charge in [-0.15, -0.1) is 0 Å². The number of aromatic nitrogens is 4. The van der Waals surface area contributed by atoms with E-state index >= 15 is 0 Å². The third-order valence-electron chi connectivity index (χ3n) is 5.93. The number of nitrogens with zero attached hydrogens (tertiary/aromatic N) is 5. The number of nitrogens with two attached hydrogens (primary N) is 1. The summed E-state index contributed by atoms with van der Waals surface area (Å²) in [7, 11) is 0. The Labute approximate surface area is 203 Å². The highest BCUT2D eigenvalue weighted by molar-refractivity contribution is 5.94. The predicted octanol–water partition coefficient (Wildman–Crippen LogP) is 4.61. The van der Waals surface area contributed by atoms with Crippen LogP contribution in [0.1, 0.15) is 32.6 Å². The second-order valence-electron chi connectivity index (χ2n) is 8.69. The van der Waals surface area contributed by atoms with E-state index in [4.69, 9.17) is 5.73 Å². The molecule has 0 radical (unpaired) electrons. The van der Waals surface area contributed by atoms with Crippen LogP contribution < -0.4 is 5.73 Å². The van der Waals surface area contributed by atoms with Crippen LogP contribution in [-0.2, 0) is 19.6 Å². The molecule has 0 atom stereocenters. The maximum Gasteiger partial charge on any atom is 0.256 e. The smallest absolute Gasteiger partial charge is 0.256 e. The normalized spacial score (nSPS) is 11.0. The van der Waals surface area contributed by atoms with Crippen LogP contribution in [0.4, 0.5) is 5.82 Å². The number of carbonyl (C=O) groups is 1. The van der Waals surface area contributed by atoms with Crippen molar-refractivity contribution in [2.75, 3.05) is 5.73 Å². The number of benzene rings is 2. The SMILES string of the molecule is Cc1cnn(Cc2ccc(CN(Cc3ccc4c(N)nccc4c3)C(=O)c3cccnc3)cc2)c1. The Morgan fingerprint density at radius 1 is 0.943 bits per heavy atom. The van der Waals surface area contributed by atoms with Gasteiger partial charge in [-0.25, -0.2) is 4.98 Å². The third-order valence-corrected chi connectivity index (χ3v) is 5.93. The van der Waals surface area contributed by atoms with E-state index in [9.17, 15) is 4.79 Å². The van der Waals surface area contributed by atoms with E-state index < -0.39 is 0 Å². The molecule has 2 N–H and O–H groups in total. The van der Waals surface area contributed by atoms with Crippen molar-refractivity contribution >= 4 is 22.5 Å². The number of hydrogen-bond donors (Lipinski definition) is 1. The first-order valence-corrected chi connectivity index (χ1v) is 11.4. The third kappa shape index (κ3) is 5.19. The molecule has 0 aliphatic carbocycles. The molecule has 174 valence electrons. The lowest BCUT2D eigenvalue weighted by Gasteiger charge is -2.23. The zero-order chi connectivity index (χ0) is 24.2. The van der Waals surface area contributed by atoms with Gasteiger partial charge in [-0.05, 0) is 58.8 Å². The Hall–Kier alpha value is -4.52. The molecule has 5 aromatic rings. The van der Waals surface area contributed by atoms with Crippen molar-refractivity contribution in [3.05, 3.63) is 119 Å². The van der Waals surface area contributed by atoms with Crippen molar-refractivity contribution in [3.8, 4) is 0 Å². The molecule has 3 aromatic heterocycles. The minimum Gasteiger partial charge on any atom is -0.383 e. The number of nitrogen functional groups attached to an aromatic ring is 1. The summed E-state index contributed by atoms with van der Waals surface area (Å²) in [6.07, 6.45) is 8.86. The number of amides is 1. The highest BCUT2D eigenvalue weighted by atomic mass is 16.2. The summed E-state index contributed by atoms with van der Waals surface area (Å²) in [5.41, 5.74) is 10.9. The van der Waals surface area contributed by atoms with Gasteiger partial charge < -0.3 is 10.6 Å². The van der Waals surface area contributed by atoms with E-state index in [0.29, 0.717) is 31.0 Å². The Bertz CT molecular complexity index is 1460. The van der Waals surface area contributed by atoms with E-state index in [-0.39, 0.29) is 5.91 Å². The highest BCUT2D eigenvalue weighted by Gasteiger charge is 2.17. The minimum absolute atomic E-state index is 0.0662. The summed E-state index contributed by atoms with van der Waals surface area (Å²) in [5, 5.41) is 6.27. The van der Waals surface area contributed by atoms with Crippen LogP contribution in [0.15, 0.2) is 91.6 Å². The molecular weight excluding hydrogens is 436 g/mol. The molecule has 0 aliphatic rings. The average molecular weight is 463 g/mol. The molecule has 3 heterocycles. The molecule has 1 amide bonds. The number of carbonyl (C=O) groups excluding carboxylic acids is 1. The van der Waals surface area contributed by atoms with Gasteiger partial charge in [0.2, 0.25) is 0 Å². The van der Waals surface area contributed by atoms with Crippen LogP contribution in [0.3, 0.4) is 0 Å². The molecule has 0 aliphatic heterocycles. The maximum absolute atomic E-state index is 13.4. The van der Waals surface area contributed by atoms with E-state index in [1.165, 1.54) is 0 Å². The van der Waals surface area contributed by atoms with Gasteiger partial charge in [0, 0.05) is 43.3 Å². The van der Waals surface area contributed by atoms with Crippen LogP contribution in [0.5, 0.6) is 0 Å². The second kappa shape index (κ2) is 9.77. The fourth-order valence-corrected chi connectivity index (χ4v) is 4.15. The van der Waals surface area contributed by atoms with Gasteiger partial charge in [-0.2, -0.15) is 5.10 Å². The molecule has 2 aromatic carbocycles. The number of pyridine rings is 2. The predicted molar refractivity (Wildman–Crippen MR) is 136 cm³/mol. The molecule has 7 heteroatoms. The fraction of sp³-hybridized carbons (Fsp3) is 0.143. The topological polar surface area (TPSA) is 89.9 Å². The lowest BCUT2D eigenvalue weighted by molar-refractivity contribution is 0.0729. The number of hydrogen-bond acceptors (Lipinski definition) is 5. The van der Waals surface area contributed by atoms with Crippen molar-refractivity contribution in [1.82, 2.24) is 24.6 Å². The molecule has 7 nitrogen and oxygen atoms in total. The van der Waals surface area contributed by atoms with Gasteiger partial charge in [0.1, 0.15) is 5.82 Å². The van der Waals surface area contributed by atoms with Crippen molar-refractivity contribution in [1.29, 1.82) is 0 Å². The summed E-state index contributed by atoms with van der Waals surface area (Å²) < 4.78 is 1.92. The first-order chi connectivity index (χ1) is 17.0. The monoisotopic (exact) mass is 462 g/mol. The molecule has 0 spiro atoms. The first-order valence-electron chi connectivity index (χ1n) is 11.4. The maximum atomic E-state index is 13.4. The van der Waals surface area contributed by atoms with E-state index in [2.05, 4.69) is 45.4 Å². The van der Waals surface area contributed by atoms with Gasteiger partial charge in [0.05, 0.1) is 18.3 Å². The van der Waals surface area contributed by atoms with Crippen LogP contribution in [-0.4, -0.2) is 30.6 Å². The van der Waals surface area contributed by atoms with E-state index in [1.54, 1.807) is 30.7 Å². The Morgan fingerprint density at radius 2 is 1.71 bits per heavy atom. The summed E-state index contributed by atoms with van der Waals surface area (Å²) in [5.74, 6) is 0.436. The molecule has 0 saturated heterocycles. The molecule has 0 fully saturated rings. The van der Waals surface area contributed by atoms with Gasteiger partial charge in [0.15, 0.2) is 0 Å². The Morgan fingerprint density at radius 3 is 2.46 bits per heavy atom. The average Bonchev–Trinajstić information content (AvgIpc) is 3.29. The van der Waals surface area contributed by atoms with Gasteiger partial charge in [-0.1, -0.05) is 36.4 Å². The van der Waals surface area contributed by atoms with Crippen molar-refractivity contribution in [2.24, 2.45) is 0 Å². The molecule has 0 unspecified atom stereocenters. The molecular formula is C28H26N6O. The quantitative estimate of drug-likeness (QED) is 0.382. The van der Waals surface area contributed by atoms with Gasteiger partial charge in [0.25, 0.3) is 5.91 Å². The number of rotatable bonds is 7. The standard InChI is InChI=1S/C28H26N6O/c1-20-14-32-34(16-20)19-22-6-4-21(5-7-22)17-33(28(35)25-3-2-11-30-15-25)18-23-8-9-26-24(13-23)10-12-31-27(26)29/h2-16H,17-19H2,1H3,(H2,29,31). The number of fused-ring (bicyclic) bond motifs is 1. The van der Waals surface area contributed by atoms with Crippen LogP contribution in [0, 0.1) is 6.92 Å². The highest BCUT2D eigenvalue weighted by Crippen LogP contribution is 2.22. The van der Waals surface area contributed by atoms with Gasteiger partial charge in [-0.3, -0.25) is 14.5 Å². The Kier molecular flexibility index (Phi) is 6.22. The Balaban J connectivity index is 1.39. The minimum atomic E-state index is -0.0662. The largest absolute Gasteiger partial charge is 0.383 e. The van der Waals surface area contributed by atoms with Crippen molar-refractivity contribution in [2.45, 2.75) is 26.6 Å². The first kappa shape index (κ1) is 22.3. The fourth-order valence-electron chi connectivity index (χ4n) is 4.15. The number of aryl methyl sites for hydroxylation is 1. The van der Waals surface area contributed by atoms with Gasteiger partial charge >= 0.3 is 0 Å². The van der Waals surface area contributed by atoms with Crippen LogP contribution >= 0.6 is 0 Å². The summed E-state index contributed by atoms with van der Waals surface area (Å²) in [6.45, 7) is 3.68. The van der Waals surface area contributed by atoms with Crippen LogP contribution in [0.2, 0.25) is 0 Å². The van der Waals surface area contributed by atoms with E-state index in [1.807, 2.05) is 47.1 Å². The van der Waals surface area contributed by atoms with Crippen molar-refractivity contribution < 1.29 is 4.79 Å². The van der Waals surface area contributed by atoms with E-state index in [0.717, 1.165) is 33.0 Å². The zero-order valence-corrected chi connectivity index (χ0v) is 19.5. The summed E-state index contributed by atoms with van der Waals surface area (Å²) >= 11 is 0. The van der Waals surface area contributed by atoms with Crippen molar-refractivity contribution in [3.63, 3.8) is 0 Å². The lowest BCUT2D eigenvalue weighted by Crippen LogP contribution is -2.30. The molecule has 5 rings (SSSR count). The van der Waals surface area contributed by atoms with Crippen LogP contribution in [0.25, 0.3) is 10.8 Å². The summed E-state index contributed by atoms with van der Waals surface area (Å²) in [4.78, 5) is 23.6. The second-order valence-corrected chi connectivity index (χ2v) is 8.69. The lowest BCUT2D eigenvalue weighted by atomic mass is 10.1. The summed E-state index contributed by atoms with van der Waals surface area (Å²) in [6, 6.07) is 19.9. The number of anilines is 1. The molecule has 35 heavy (non-hydrogen) atoms. The molecule has 0 bridgehead atoms. The molecule has 0 saturated carbocycles. The zero-order valence-electron chi connectivity index (χ0n) is 19.5.